The zero-order valence-electron chi connectivity index (χ0n) is 17.3. The third-order valence-corrected chi connectivity index (χ3v) is 7.33. The fourth-order valence-electron chi connectivity index (χ4n) is 3.45. The number of sulfonamides is 1. The van der Waals surface area contributed by atoms with E-state index in [4.69, 9.17) is 0 Å². The van der Waals surface area contributed by atoms with Crippen LogP contribution in [0, 0.1) is 5.82 Å². The zero-order chi connectivity index (χ0) is 21.7. The third-order valence-electron chi connectivity index (χ3n) is 5.44. The number of benzene rings is 2. The van der Waals surface area contributed by atoms with Gasteiger partial charge in [-0.1, -0.05) is 24.6 Å². The molecule has 2 aromatic rings. The fraction of sp³-hybridized carbons (Fsp3) is 0.409. The van der Waals surface area contributed by atoms with Crippen LogP contribution in [0.3, 0.4) is 0 Å². The summed E-state index contributed by atoms with van der Waals surface area (Å²) in [7, 11) is -1.75. The van der Waals surface area contributed by atoms with Crippen molar-refractivity contribution in [2.24, 2.45) is 0 Å². The van der Waals surface area contributed by atoms with Crippen molar-refractivity contribution < 1.29 is 17.6 Å². The van der Waals surface area contributed by atoms with Gasteiger partial charge in [-0.3, -0.25) is 9.69 Å². The molecular weight excluding hydrogens is 405 g/mol. The molecule has 6 nitrogen and oxygen atoms in total. The highest BCUT2D eigenvalue weighted by Gasteiger charge is 2.26. The summed E-state index contributed by atoms with van der Waals surface area (Å²) < 4.78 is 40.3. The summed E-state index contributed by atoms with van der Waals surface area (Å²) in [5.74, 6) is -0.543. The summed E-state index contributed by atoms with van der Waals surface area (Å²) in [4.78, 5) is 14.7. The Labute approximate surface area is 177 Å². The van der Waals surface area contributed by atoms with Crippen LogP contribution in [-0.4, -0.2) is 49.7 Å². The Balaban J connectivity index is 1.66. The molecule has 1 heterocycles. The monoisotopic (exact) mass is 433 g/mol. The third kappa shape index (κ3) is 5.44. The minimum absolute atomic E-state index is 0.189. The van der Waals surface area contributed by atoms with Gasteiger partial charge in [-0.15, -0.1) is 0 Å². The lowest BCUT2D eigenvalue weighted by Crippen LogP contribution is -2.39. The number of hydrogen-bond acceptors (Lipinski definition) is 4. The maximum Gasteiger partial charge on any atom is 0.243 e. The van der Waals surface area contributed by atoms with Gasteiger partial charge in [-0.25, -0.2) is 12.8 Å². The summed E-state index contributed by atoms with van der Waals surface area (Å²) >= 11 is 0. The quantitative estimate of drug-likeness (QED) is 0.726. The van der Waals surface area contributed by atoms with E-state index in [2.05, 4.69) is 5.32 Å². The molecule has 0 saturated carbocycles. The van der Waals surface area contributed by atoms with Crippen LogP contribution in [0.2, 0.25) is 0 Å². The molecule has 162 valence electrons. The molecule has 1 fully saturated rings. The van der Waals surface area contributed by atoms with Gasteiger partial charge in [0.05, 0.1) is 10.9 Å². The molecule has 30 heavy (non-hydrogen) atoms. The fourth-order valence-corrected chi connectivity index (χ4v) is 5.01. The molecule has 0 aliphatic carbocycles. The van der Waals surface area contributed by atoms with E-state index in [1.807, 2.05) is 11.9 Å². The van der Waals surface area contributed by atoms with Gasteiger partial charge >= 0.3 is 0 Å². The molecule has 0 bridgehead atoms. The standard InChI is InChI=1S/C22H28FN3O3S/c1-17(25(2)16-18-9-11-19(23)12-10-18)22(27)24-20-7-6-8-21(15-20)30(28,29)26-13-4-3-5-14-26/h6-12,15,17H,3-5,13-14,16H2,1-2H3,(H,24,27). The number of carbonyl (C=O) groups is 1. The number of nitrogens with one attached hydrogen (secondary N) is 1. The van der Waals surface area contributed by atoms with E-state index >= 15 is 0 Å². The van der Waals surface area contributed by atoms with Gasteiger partial charge in [0.2, 0.25) is 15.9 Å². The number of anilines is 1. The Kier molecular flexibility index (Phi) is 7.23. The summed E-state index contributed by atoms with van der Waals surface area (Å²) in [6.07, 6.45) is 2.78. The van der Waals surface area contributed by atoms with Crippen LogP contribution >= 0.6 is 0 Å². The smallest absolute Gasteiger partial charge is 0.243 e. The van der Waals surface area contributed by atoms with Crippen molar-refractivity contribution in [1.82, 2.24) is 9.21 Å². The van der Waals surface area contributed by atoms with Crippen LogP contribution in [-0.2, 0) is 21.4 Å². The van der Waals surface area contributed by atoms with E-state index < -0.39 is 16.1 Å². The second-order valence-electron chi connectivity index (χ2n) is 7.70. The van der Waals surface area contributed by atoms with Crippen LogP contribution in [0.5, 0.6) is 0 Å². The topological polar surface area (TPSA) is 69.7 Å². The SMILES string of the molecule is CC(C(=O)Nc1cccc(S(=O)(=O)N2CCCCC2)c1)N(C)Cc1ccc(F)cc1. The number of rotatable bonds is 7. The second-order valence-corrected chi connectivity index (χ2v) is 9.64. The highest BCUT2D eigenvalue weighted by atomic mass is 32.2. The van der Waals surface area contributed by atoms with Crippen molar-refractivity contribution in [3.8, 4) is 0 Å². The van der Waals surface area contributed by atoms with E-state index in [9.17, 15) is 17.6 Å². The molecular formula is C22H28FN3O3S. The van der Waals surface area contributed by atoms with Crippen molar-refractivity contribution in [2.45, 2.75) is 43.7 Å². The number of halogens is 1. The minimum Gasteiger partial charge on any atom is -0.325 e. The van der Waals surface area contributed by atoms with Crippen molar-refractivity contribution >= 4 is 21.6 Å². The first kappa shape index (κ1) is 22.4. The van der Waals surface area contributed by atoms with Crippen molar-refractivity contribution in [1.29, 1.82) is 0 Å². The molecule has 0 aromatic heterocycles. The molecule has 3 rings (SSSR count). The molecule has 1 atom stereocenters. The summed E-state index contributed by atoms with van der Waals surface area (Å²) in [6.45, 7) is 3.32. The molecule has 1 amide bonds. The van der Waals surface area contributed by atoms with Gasteiger partial charge in [0.1, 0.15) is 5.82 Å². The summed E-state index contributed by atoms with van der Waals surface area (Å²) in [5.41, 5.74) is 1.34. The average Bonchev–Trinajstić information content (AvgIpc) is 2.75. The van der Waals surface area contributed by atoms with Crippen molar-refractivity contribution in [3.05, 3.63) is 59.9 Å². The molecule has 1 N–H and O–H groups in total. The number of hydrogen-bond donors (Lipinski definition) is 1. The Bertz CT molecular complexity index is 973. The van der Waals surface area contributed by atoms with E-state index in [0.717, 1.165) is 24.8 Å². The Morgan fingerprint density at radius 3 is 2.47 bits per heavy atom. The highest BCUT2D eigenvalue weighted by Crippen LogP contribution is 2.23. The van der Waals surface area contributed by atoms with E-state index in [-0.39, 0.29) is 16.6 Å². The predicted molar refractivity (Wildman–Crippen MR) is 115 cm³/mol. The van der Waals surface area contributed by atoms with Gasteiger partial charge in [-0.2, -0.15) is 4.31 Å². The van der Waals surface area contributed by atoms with Crippen LogP contribution in [0.4, 0.5) is 10.1 Å². The Morgan fingerprint density at radius 2 is 1.80 bits per heavy atom. The lowest BCUT2D eigenvalue weighted by Gasteiger charge is -2.26. The van der Waals surface area contributed by atoms with Crippen LogP contribution < -0.4 is 5.32 Å². The maximum atomic E-state index is 13.1. The Hall–Kier alpha value is -2.29. The number of carbonyl (C=O) groups excluding carboxylic acids is 1. The van der Waals surface area contributed by atoms with Gasteiger partial charge in [-0.05, 0) is 62.7 Å². The summed E-state index contributed by atoms with van der Waals surface area (Å²) in [5, 5.41) is 2.81. The first-order valence-corrected chi connectivity index (χ1v) is 11.6. The number of piperidine rings is 1. The first-order valence-electron chi connectivity index (χ1n) is 10.1. The highest BCUT2D eigenvalue weighted by molar-refractivity contribution is 7.89. The molecule has 1 saturated heterocycles. The van der Waals surface area contributed by atoms with Crippen LogP contribution in [0.1, 0.15) is 31.7 Å². The van der Waals surface area contributed by atoms with Gasteiger partial charge in [0.25, 0.3) is 0 Å². The van der Waals surface area contributed by atoms with Gasteiger partial charge in [0.15, 0.2) is 0 Å². The van der Waals surface area contributed by atoms with E-state index in [0.29, 0.717) is 25.3 Å². The molecule has 0 radical (unpaired) electrons. The lowest BCUT2D eigenvalue weighted by atomic mass is 10.2. The Morgan fingerprint density at radius 1 is 1.13 bits per heavy atom. The van der Waals surface area contributed by atoms with Gasteiger partial charge in [0, 0.05) is 25.3 Å². The molecule has 1 unspecified atom stereocenters. The lowest BCUT2D eigenvalue weighted by molar-refractivity contribution is -0.120. The molecule has 8 heteroatoms. The molecule has 0 spiro atoms. The van der Waals surface area contributed by atoms with Crippen LogP contribution in [0.15, 0.2) is 53.4 Å². The van der Waals surface area contributed by atoms with Crippen molar-refractivity contribution in [3.63, 3.8) is 0 Å². The number of likely N-dealkylation sites (N-methyl/N-ethyl adjacent to an activating group) is 1. The number of amides is 1. The molecule has 1 aliphatic heterocycles. The predicted octanol–water partition coefficient (Wildman–Crippen LogP) is 3.46. The average molecular weight is 434 g/mol. The van der Waals surface area contributed by atoms with E-state index in [1.54, 1.807) is 37.3 Å². The van der Waals surface area contributed by atoms with Crippen molar-refractivity contribution in [2.75, 3.05) is 25.5 Å². The zero-order valence-corrected chi connectivity index (χ0v) is 18.2. The molecule has 1 aliphatic rings. The van der Waals surface area contributed by atoms with Crippen LogP contribution in [0.25, 0.3) is 0 Å². The maximum absolute atomic E-state index is 13.1. The molecule has 2 aromatic carbocycles. The van der Waals surface area contributed by atoms with E-state index in [1.165, 1.54) is 22.5 Å². The summed E-state index contributed by atoms with van der Waals surface area (Å²) in [6, 6.07) is 12.1. The normalized spacial score (nSPS) is 16.4. The first-order chi connectivity index (χ1) is 14.3. The van der Waals surface area contributed by atoms with Gasteiger partial charge < -0.3 is 5.32 Å². The number of nitrogens with zero attached hydrogens (tertiary/aromatic N) is 2. The second kappa shape index (κ2) is 9.68. The largest absolute Gasteiger partial charge is 0.325 e. The minimum atomic E-state index is -3.56.